The number of amides is 3. The highest BCUT2D eigenvalue weighted by Crippen LogP contribution is 2.32. The fourth-order valence-corrected chi connectivity index (χ4v) is 6.04. The molecule has 0 saturated carbocycles. The van der Waals surface area contributed by atoms with Crippen LogP contribution in [-0.4, -0.2) is 64.6 Å². The number of alkyl halides is 1. The highest BCUT2D eigenvalue weighted by molar-refractivity contribution is 6.30. The Labute approximate surface area is 237 Å². The van der Waals surface area contributed by atoms with Gasteiger partial charge in [-0.3, -0.25) is 29.5 Å². The van der Waals surface area contributed by atoms with E-state index in [1.807, 2.05) is 41.3 Å². The molecule has 2 atom stereocenters. The standard InChI is InChI=1S/C31H30ClFN4O3/c32-24-8-5-20(6-9-24)25-4-2-1-3-22(25)18-35-13-15-36(16-14-35)29(33)21-7-10-26-23(17-21)19-37(31(26)40)27-11-12-28(38)34-30(27)39/h1-10,17,27,29H,11-16,18-19H2,(H,34,38,39). The summed E-state index contributed by atoms with van der Waals surface area (Å²) in [6.45, 7) is 3.66. The number of nitrogens with one attached hydrogen (secondary N) is 1. The molecule has 2 fully saturated rings. The molecule has 3 aliphatic heterocycles. The fourth-order valence-electron chi connectivity index (χ4n) is 5.91. The van der Waals surface area contributed by atoms with Crippen LogP contribution in [0.3, 0.4) is 0 Å². The van der Waals surface area contributed by atoms with Crippen molar-refractivity contribution in [3.63, 3.8) is 0 Å². The molecular formula is C31H30ClFN4O3. The summed E-state index contributed by atoms with van der Waals surface area (Å²) in [5.74, 6) is -1.02. The van der Waals surface area contributed by atoms with E-state index >= 15 is 4.39 Å². The third-order valence-corrected chi connectivity index (χ3v) is 8.37. The van der Waals surface area contributed by atoms with Crippen molar-refractivity contribution in [2.24, 2.45) is 0 Å². The number of hydrogen-bond acceptors (Lipinski definition) is 5. The number of carbonyl (C=O) groups excluding carboxylic acids is 3. The summed E-state index contributed by atoms with van der Waals surface area (Å²) in [5, 5.41) is 3.02. The molecule has 3 aromatic carbocycles. The number of piperazine rings is 1. The average Bonchev–Trinajstić information content (AvgIpc) is 3.29. The number of piperidine rings is 1. The smallest absolute Gasteiger partial charge is 0.255 e. The Hall–Kier alpha value is -3.59. The number of halogens is 2. The van der Waals surface area contributed by atoms with E-state index in [-0.39, 0.29) is 24.8 Å². The quantitative estimate of drug-likeness (QED) is 0.354. The van der Waals surface area contributed by atoms with Gasteiger partial charge < -0.3 is 4.90 Å². The molecule has 9 heteroatoms. The first-order valence-electron chi connectivity index (χ1n) is 13.6. The molecule has 3 aromatic rings. The molecule has 0 aliphatic carbocycles. The van der Waals surface area contributed by atoms with Gasteiger partial charge >= 0.3 is 0 Å². The van der Waals surface area contributed by atoms with E-state index in [0.29, 0.717) is 41.2 Å². The van der Waals surface area contributed by atoms with Crippen molar-refractivity contribution in [1.82, 2.24) is 20.0 Å². The average molecular weight is 561 g/mol. The van der Waals surface area contributed by atoms with Crippen LogP contribution < -0.4 is 5.32 Å². The minimum Gasteiger partial charge on any atom is -0.322 e. The Morgan fingerprint density at radius 3 is 2.42 bits per heavy atom. The second kappa shape index (κ2) is 11.1. The van der Waals surface area contributed by atoms with Gasteiger partial charge in [-0.1, -0.05) is 54.1 Å². The molecular weight excluding hydrogens is 531 g/mol. The maximum Gasteiger partial charge on any atom is 0.255 e. The number of imide groups is 1. The van der Waals surface area contributed by atoms with Gasteiger partial charge in [-0.05, 0) is 52.9 Å². The molecule has 6 rings (SSSR count). The third kappa shape index (κ3) is 5.27. The second-order valence-electron chi connectivity index (χ2n) is 10.6. The number of carbonyl (C=O) groups is 3. The van der Waals surface area contributed by atoms with Gasteiger partial charge in [0.25, 0.3) is 5.91 Å². The zero-order chi connectivity index (χ0) is 27.8. The van der Waals surface area contributed by atoms with E-state index in [1.165, 1.54) is 16.0 Å². The molecule has 40 heavy (non-hydrogen) atoms. The van der Waals surface area contributed by atoms with E-state index in [1.54, 1.807) is 18.2 Å². The van der Waals surface area contributed by atoms with Crippen molar-refractivity contribution < 1.29 is 18.8 Å². The van der Waals surface area contributed by atoms with Crippen LogP contribution in [0.5, 0.6) is 0 Å². The molecule has 0 aromatic heterocycles. The Bertz CT molecular complexity index is 1460. The zero-order valence-electron chi connectivity index (χ0n) is 22.0. The summed E-state index contributed by atoms with van der Waals surface area (Å²) >= 11 is 6.07. The Morgan fingerprint density at radius 1 is 0.925 bits per heavy atom. The number of nitrogens with zero attached hydrogens (tertiary/aromatic N) is 3. The van der Waals surface area contributed by atoms with E-state index < -0.39 is 18.2 Å². The zero-order valence-corrected chi connectivity index (χ0v) is 22.7. The normalized spacial score (nSPS) is 20.9. The van der Waals surface area contributed by atoms with Gasteiger partial charge in [0.1, 0.15) is 6.04 Å². The van der Waals surface area contributed by atoms with E-state index in [0.717, 1.165) is 25.2 Å². The van der Waals surface area contributed by atoms with Crippen LogP contribution in [0.4, 0.5) is 4.39 Å². The van der Waals surface area contributed by atoms with Crippen molar-refractivity contribution in [2.75, 3.05) is 26.2 Å². The highest BCUT2D eigenvalue weighted by atomic mass is 35.5. The first-order chi connectivity index (χ1) is 19.4. The van der Waals surface area contributed by atoms with Gasteiger partial charge in [0.15, 0.2) is 6.30 Å². The van der Waals surface area contributed by atoms with Crippen molar-refractivity contribution in [3.8, 4) is 11.1 Å². The Balaban J connectivity index is 1.09. The summed E-state index contributed by atoms with van der Waals surface area (Å²) < 4.78 is 15.7. The molecule has 206 valence electrons. The number of rotatable bonds is 6. The van der Waals surface area contributed by atoms with Crippen LogP contribution in [0.15, 0.2) is 66.7 Å². The molecule has 2 unspecified atom stereocenters. The summed E-state index contributed by atoms with van der Waals surface area (Å²) in [6, 6.07) is 20.6. The second-order valence-corrected chi connectivity index (χ2v) is 11.1. The van der Waals surface area contributed by atoms with E-state index in [2.05, 4.69) is 22.3 Å². The van der Waals surface area contributed by atoms with Crippen molar-refractivity contribution in [3.05, 3.63) is 94.0 Å². The van der Waals surface area contributed by atoms with E-state index in [9.17, 15) is 14.4 Å². The van der Waals surface area contributed by atoms with Gasteiger partial charge in [0, 0.05) is 61.8 Å². The highest BCUT2D eigenvalue weighted by Gasteiger charge is 2.39. The van der Waals surface area contributed by atoms with Crippen LogP contribution in [0.2, 0.25) is 5.02 Å². The molecule has 0 radical (unpaired) electrons. The molecule has 0 spiro atoms. The monoisotopic (exact) mass is 560 g/mol. The maximum absolute atomic E-state index is 15.7. The van der Waals surface area contributed by atoms with Crippen LogP contribution in [0, 0.1) is 0 Å². The van der Waals surface area contributed by atoms with Crippen molar-refractivity contribution >= 4 is 29.3 Å². The van der Waals surface area contributed by atoms with Gasteiger partial charge in [0.05, 0.1) is 0 Å². The predicted octanol–water partition coefficient (Wildman–Crippen LogP) is 4.55. The maximum atomic E-state index is 15.7. The summed E-state index contributed by atoms with van der Waals surface area (Å²) in [7, 11) is 0. The first-order valence-corrected chi connectivity index (χ1v) is 14.0. The molecule has 7 nitrogen and oxygen atoms in total. The lowest BCUT2D eigenvalue weighted by Crippen LogP contribution is -2.52. The lowest BCUT2D eigenvalue weighted by molar-refractivity contribution is -0.136. The molecule has 3 heterocycles. The summed E-state index contributed by atoms with van der Waals surface area (Å²) in [5.41, 5.74) is 5.23. The number of fused-ring (bicyclic) bond motifs is 1. The van der Waals surface area contributed by atoms with Crippen molar-refractivity contribution in [1.29, 1.82) is 0 Å². The van der Waals surface area contributed by atoms with Crippen molar-refractivity contribution in [2.45, 2.75) is 38.3 Å². The van der Waals surface area contributed by atoms with Crippen LogP contribution in [0.1, 0.15) is 46.2 Å². The Kier molecular flexibility index (Phi) is 7.40. The topological polar surface area (TPSA) is 73.0 Å². The van der Waals surface area contributed by atoms with Crippen LogP contribution in [0.25, 0.3) is 11.1 Å². The fraction of sp³-hybridized carbons (Fsp3) is 0.323. The SMILES string of the molecule is O=C1CCC(N2Cc3cc(C(F)N4CCN(Cc5ccccc5-c5ccc(Cl)cc5)CC4)ccc3C2=O)C(=O)N1. The molecule has 0 bridgehead atoms. The van der Waals surface area contributed by atoms with Crippen LogP contribution in [-0.2, 0) is 22.7 Å². The molecule has 3 aliphatic rings. The predicted molar refractivity (Wildman–Crippen MR) is 150 cm³/mol. The van der Waals surface area contributed by atoms with Crippen LogP contribution >= 0.6 is 11.6 Å². The molecule has 1 N–H and O–H groups in total. The minimum absolute atomic E-state index is 0.201. The third-order valence-electron chi connectivity index (χ3n) is 8.12. The summed E-state index contributed by atoms with van der Waals surface area (Å²) in [4.78, 5) is 42.5. The lowest BCUT2D eigenvalue weighted by atomic mass is 9.99. The van der Waals surface area contributed by atoms with E-state index in [4.69, 9.17) is 11.6 Å². The Morgan fingerprint density at radius 2 is 1.68 bits per heavy atom. The molecule has 2 saturated heterocycles. The minimum atomic E-state index is -1.28. The number of benzene rings is 3. The largest absolute Gasteiger partial charge is 0.322 e. The lowest BCUT2D eigenvalue weighted by Gasteiger charge is -2.36. The van der Waals surface area contributed by atoms with Gasteiger partial charge in [0.2, 0.25) is 11.8 Å². The van der Waals surface area contributed by atoms with Gasteiger partial charge in [-0.2, -0.15) is 0 Å². The first kappa shape index (κ1) is 26.6. The molecule has 3 amide bonds. The van der Waals surface area contributed by atoms with Gasteiger partial charge in [-0.25, -0.2) is 4.39 Å². The number of hydrogen-bond donors (Lipinski definition) is 1. The summed E-state index contributed by atoms with van der Waals surface area (Å²) in [6.07, 6.45) is -0.779. The van der Waals surface area contributed by atoms with Gasteiger partial charge in [-0.15, -0.1) is 0 Å².